The smallest absolute Gasteiger partial charge is 0.179 e. The lowest BCUT2D eigenvalue weighted by molar-refractivity contribution is 0.174. The van der Waals surface area contributed by atoms with Crippen molar-refractivity contribution in [3.8, 4) is 6.07 Å². The van der Waals surface area contributed by atoms with Crippen molar-refractivity contribution in [2.75, 3.05) is 26.2 Å². The molecule has 2 aliphatic rings. The van der Waals surface area contributed by atoms with Gasteiger partial charge < -0.3 is 9.64 Å². The summed E-state index contributed by atoms with van der Waals surface area (Å²) in [6, 6.07) is 1.88. The van der Waals surface area contributed by atoms with Gasteiger partial charge in [0.05, 0.1) is 6.61 Å². The maximum absolute atomic E-state index is 13.9. The van der Waals surface area contributed by atoms with E-state index in [0.717, 1.165) is 13.0 Å². The fourth-order valence-corrected chi connectivity index (χ4v) is 2.91. The first kappa shape index (κ1) is 14.5. The molecule has 19 heavy (non-hydrogen) atoms. The minimum absolute atomic E-state index is 0.0841. The van der Waals surface area contributed by atoms with Gasteiger partial charge in [0.1, 0.15) is 17.4 Å². The Hall–Kier alpha value is -0.860. The van der Waals surface area contributed by atoms with Gasteiger partial charge in [-0.1, -0.05) is 15.9 Å². The topological polar surface area (TPSA) is 36.3 Å². The monoisotopic (exact) mass is 328 g/mol. The van der Waals surface area contributed by atoms with Crippen molar-refractivity contribution in [1.82, 2.24) is 4.90 Å². The molecular weight excluding hydrogens is 311 g/mol. The zero-order valence-corrected chi connectivity index (χ0v) is 12.5. The highest BCUT2D eigenvalue weighted by Crippen LogP contribution is 2.34. The number of hydrogen-bond donors (Lipinski definition) is 0. The fraction of sp³-hybridized carbons (Fsp3) is 0.643. The molecular formula is C14H18BrFN2O. The SMILES string of the molecule is N#CC1=C(Br)CCC(OCCCN2CCCC2)=C1F. The van der Waals surface area contributed by atoms with Crippen molar-refractivity contribution < 1.29 is 9.13 Å². The van der Waals surface area contributed by atoms with E-state index in [0.29, 0.717) is 29.7 Å². The molecule has 0 aromatic carbocycles. The van der Waals surface area contributed by atoms with Gasteiger partial charge in [0.2, 0.25) is 0 Å². The zero-order valence-electron chi connectivity index (χ0n) is 10.9. The highest BCUT2D eigenvalue weighted by Gasteiger charge is 2.22. The number of halogens is 2. The minimum atomic E-state index is -0.498. The summed E-state index contributed by atoms with van der Waals surface area (Å²) in [6.45, 7) is 3.88. The predicted molar refractivity (Wildman–Crippen MR) is 75.2 cm³/mol. The summed E-state index contributed by atoms with van der Waals surface area (Å²) in [7, 11) is 0. The average molecular weight is 329 g/mol. The van der Waals surface area contributed by atoms with Crippen LogP contribution in [-0.2, 0) is 4.74 Å². The molecule has 5 heteroatoms. The summed E-state index contributed by atoms with van der Waals surface area (Å²) in [5, 5.41) is 8.89. The van der Waals surface area contributed by atoms with Gasteiger partial charge in [0, 0.05) is 17.4 Å². The molecule has 0 N–H and O–H groups in total. The van der Waals surface area contributed by atoms with Crippen LogP contribution in [0.15, 0.2) is 21.6 Å². The van der Waals surface area contributed by atoms with E-state index in [9.17, 15) is 4.39 Å². The quantitative estimate of drug-likeness (QED) is 0.723. The molecule has 1 fully saturated rings. The first-order chi connectivity index (χ1) is 9.22. The Bertz CT molecular complexity index is 433. The van der Waals surface area contributed by atoms with Gasteiger partial charge in [-0.3, -0.25) is 0 Å². The first-order valence-electron chi connectivity index (χ1n) is 6.75. The summed E-state index contributed by atoms with van der Waals surface area (Å²) in [5.41, 5.74) is 0.0841. The Kier molecular flexibility index (Phi) is 5.41. The van der Waals surface area contributed by atoms with Crippen LogP contribution in [0.25, 0.3) is 0 Å². The van der Waals surface area contributed by atoms with Crippen LogP contribution in [0.4, 0.5) is 4.39 Å². The van der Waals surface area contributed by atoms with Crippen LogP contribution in [0.1, 0.15) is 32.1 Å². The van der Waals surface area contributed by atoms with Gasteiger partial charge in [-0.25, -0.2) is 4.39 Å². The highest BCUT2D eigenvalue weighted by atomic mass is 79.9. The molecule has 0 unspecified atom stereocenters. The number of likely N-dealkylation sites (tertiary alicyclic amines) is 1. The number of allylic oxidation sites excluding steroid dienone is 4. The van der Waals surface area contributed by atoms with Crippen molar-refractivity contribution >= 4 is 15.9 Å². The molecule has 1 saturated heterocycles. The summed E-state index contributed by atoms with van der Waals surface area (Å²) in [4.78, 5) is 2.41. The third kappa shape index (κ3) is 3.80. The molecule has 104 valence electrons. The van der Waals surface area contributed by atoms with Crippen LogP contribution in [0.5, 0.6) is 0 Å². The first-order valence-corrected chi connectivity index (χ1v) is 7.54. The molecule has 0 spiro atoms. The van der Waals surface area contributed by atoms with Crippen LogP contribution in [0.2, 0.25) is 0 Å². The molecule has 0 aromatic heterocycles. The van der Waals surface area contributed by atoms with E-state index >= 15 is 0 Å². The molecule has 0 amide bonds. The third-order valence-corrected chi connectivity index (χ3v) is 4.31. The van der Waals surface area contributed by atoms with Gasteiger partial charge in [0.25, 0.3) is 0 Å². The van der Waals surface area contributed by atoms with Crippen LogP contribution < -0.4 is 0 Å². The van der Waals surface area contributed by atoms with Gasteiger partial charge >= 0.3 is 0 Å². The number of ether oxygens (including phenoxy) is 1. The number of nitrogens with zero attached hydrogens (tertiary/aromatic N) is 2. The van der Waals surface area contributed by atoms with E-state index < -0.39 is 5.83 Å². The van der Waals surface area contributed by atoms with Crippen molar-refractivity contribution in [3.63, 3.8) is 0 Å². The van der Waals surface area contributed by atoms with E-state index in [1.54, 1.807) is 0 Å². The lowest BCUT2D eigenvalue weighted by atomic mass is 10.1. The highest BCUT2D eigenvalue weighted by molar-refractivity contribution is 9.11. The normalized spacial score (nSPS) is 20.9. The molecule has 0 bridgehead atoms. The number of rotatable bonds is 5. The molecule has 0 radical (unpaired) electrons. The predicted octanol–water partition coefficient (Wildman–Crippen LogP) is 3.64. The second-order valence-electron chi connectivity index (χ2n) is 4.88. The van der Waals surface area contributed by atoms with Crippen LogP contribution in [0, 0.1) is 11.3 Å². The zero-order chi connectivity index (χ0) is 13.7. The van der Waals surface area contributed by atoms with Gasteiger partial charge in [0.15, 0.2) is 5.83 Å². The van der Waals surface area contributed by atoms with Gasteiger partial charge in [-0.05, 0) is 38.8 Å². The Labute approximate surface area is 121 Å². The summed E-state index contributed by atoms with van der Waals surface area (Å²) in [5.74, 6) is -0.164. The lowest BCUT2D eigenvalue weighted by Crippen LogP contribution is -2.21. The van der Waals surface area contributed by atoms with E-state index in [1.807, 2.05) is 6.07 Å². The minimum Gasteiger partial charge on any atom is -0.495 e. The van der Waals surface area contributed by atoms with Gasteiger partial charge in [-0.15, -0.1) is 0 Å². The Morgan fingerprint density at radius 1 is 1.32 bits per heavy atom. The maximum Gasteiger partial charge on any atom is 0.179 e. The standard InChI is InChI=1S/C14H18BrFN2O/c15-12-4-5-13(14(16)11(12)10-17)19-9-3-8-18-6-1-2-7-18/h1-9H2. The van der Waals surface area contributed by atoms with Crippen molar-refractivity contribution in [2.24, 2.45) is 0 Å². The van der Waals surface area contributed by atoms with Crippen molar-refractivity contribution in [3.05, 3.63) is 21.6 Å². The second kappa shape index (κ2) is 7.06. The Balaban J connectivity index is 1.79. The molecule has 1 aliphatic heterocycles. The molecule has 0 saturated carbocycles. The fourth-order valence-electron chi connectivity index (χ4n) is 2.45. The van der Waals surface area contributed by atoms with Crippen molar-refractivity contribution in [1.29, 1.82) is 5.26 Å². The summed E-state index contributed by atoms with van der Waals surface area (Å²) in [6.07, 6.45) is 4.64. The van der Waals surface area contributed by atoms with E-state index in [2.05, 4.69) is 20.8 Å². The molecule has 2 rings (SSSR count). The Morgan fingerprint density at radius 2 is 2.05 bits per heavy atom. The van der Waals surface area contributed by atoms with Crippen LogP contribution >= 0.6 is 15.9 Å². The number of nitriles is 1. The third-order valence-electron chi connectivity index (χ3n) is 3.51. The molecule has 0 aromatic rings. The second-order valence-corrected chi connectivity index (χ2v) is 5.84. The molecule has 1 aliphatic carbocycles. The largest absolute Gasteiger partial charge is 0.495 e. The Morgan fingerprint density at radius 3 is 2.74 bits per heavy atom. The summed E-state index contributed by atoms with van der Waals surface area (Å²) >= 11 is 3.23. The maximum atomic E-state index is 13.9. The molecule has 3 nitrogen and oxygen atoms in total. The van der Waals surface area contributed by atoms with Crippen LogP contribution in [-0.4, -0.2) is 31.1 Å². The molecule has 0 atom stereocenters. The average Bonchev–Trinajstić information content (AvgIpc) is 2.90. The van der Waals surface area contributed by atoms with Gasteiger partial charge in [-0.2, -0.15) is 5.26 Å². The van der Waals surface area contributed by atoms with E-state index in [1.165, 1.54) is 25.9 Å². The van der Waals surface area contributed by atoms with E-state index in [-0.39, 0.29) is 5.57 Å². The number of hydrogen-bond acceptors (Lipinski definition) is 3. The van der Waals surface area contributed by atoms with Crippen molar-refractivity contribution in [2.45, 2.75) is 32.1 Å². The van der Waals surface area contributed by atoms with Crippen LogP contribution in [0.3, 0.4) is 0 Å². The molecule has 1 heterocycles. The van der Waals surface area contributed by atoms with E-state index in [4.69, 9.17) is 10.00 Å². The summed E-state index contributed by atoms with van der Waals surface area (Å²) < 4.78 is 20.1. The lowest BCUT2D eigenvalue weighted by Gasteiger charge is -2.18.